The SMILES string of the molecule is CC.CC/C=C/NC(=NCC(CC)CCCC)c1cc(-c2ccc(F)cc2)cc(OC)c1C. The van der Waals surface area contributed by atoms with Crippen LogP contribution < -0.4 is 10.1 Å². The van der Waals surface area contributed by atoms with Crippen molar-refractivity contribution in [1.29, 1.82) is 0 Å². The standard InChI is InChI=1S/C27H37FN2O.C2H6/c1-6-9-11-21(8-3)19-30-27(29-16-10-7-2)25-17-23(18-26(31-5)20(25)4)22-12-14-24(28)15-13-22;1-2/h10,12-18,21H,6-9,11,19H2,1-5H3,(H,29,30);1-2H3/b16-10+;. The fraction of sp³-hybridized carbons (Fsp3) is 0.483. The smallest absolute Gasteiger partial charge is 0.132 e. The Bertz CT molecular complexity index is 872. The molecule has 182 valence electrons. The summed E-state index contributed by atoms with van der Waals surface area (Å²) in [5, 5.41) is 3.41. The summed E-state index contributed by atoms with van der Waals surface area (Å²) in [6.07, 6.45) is 9.76. The van der Waals surface area contributed by atoms with E-state index in [0.29, 0.717) is 5.92 Å². The molecule has 0 aliphatic carbocycles. The normalized spacial score (nSPS) is 12.3. The Morgan fingerprint density at radius 2 is 1.79 bits per heavy atom. The summed E-state index contributed by atoms with van der Waals surface area (Å²) in [6, 6.07) is 10.7. The minimum atomic E-state index is -0.241. The topological polar surface area (TPSA) is 33.6 Å². The lowest BCUT2D eigenvalue weighted by atomic mass is 9.97. The van der Waals surface area contributed by atoms with Crippen LogP contribution in [0.5, 0.6) is 5.75 Å². The van der Waals surface area contributed by atoms with Crippen LogP contribution in [0.15, 0.2) is 53.7 Å². The predicted octanol–water partition coefficient (Wildman–Crippen LogP) is 8.31. The molecule has 1 atom stereocenters. The molecule has 4 heteroatoms. The quantitative estimate of drug-likeness (QED) is 0.273. The van der Waals surface area contributed by atoms with Crippen LogP contribution in [0.4, 0.5) is 4.39 Å². The highest BCUT2D eigenvalue weighted by molar-refractivity contribution is 6.02. The molecule has 0 saturated carbocycles. The van der Waals surface area contributed by atoms with Crippen LogP contribution in [0.25, 0.3) is 11.1 Å². The summed E-state index contributed by atoms with van der Waals surface area (Å²) >= 11 is 0. The van der Waals surface area contributed by atoms with Crippen molar-refractivity contribution in [1.82, 2.24) is 5.32 Å². The maximum Gasteiger partial charge on any atom is 0.132 e. The van der Waals surface area contributed by atoms with Crippen molar-refractivity contribution >= 4 is 5.84 Å². The number of nitrogens with zero attached hydrogens (tertiary/aromatic N) is 1. The van der Waals surface area contributed by atoms with Gasteiger partial charge in [0.25, 0.3) is 0 Å². The van der Waals surface area contributed by atoms with E-state index < -0.39 is 0 Å². The molecule has 0 aromatic heterocycles. The number of unbranched alkanes of at least 4 members (excludes halogenated alkanes) is 1. The van der Waals surface area contributed by atoms with Crippen molar-refractivity contribution in [2.45, 2.75) is 73.6 Å². The lowest BCUT2D eigenvalue weighted by Gasteiger charge is -2.17. The number of amidine groups is 1. The molecule has 2 rings (SSSR count). The van der Waals surface area contributed by atoms with Crippen LogP contribution in [0.2, 0.25) is 0 Å². The molecule has 0 saturated heterocycles. The number of hydrogen-bond acceptors (Lipinski definition) is 2. The van der Waals surface area contributed by atoms with Crippen LogP contribution in [0, 0.1) is 18.7 Å². The van der Waals surface area contributed by atoms with Crippen molar-refractivity contribution in [3.05, 3.63) is 65.6 Å². The monoisotopic (exact) mass is 454 g/mol. The first-order chi connectivity index (χ1) is 16.0. The number of rotatable bonds is 11. The molecule has 0 aliphatic heterocycles. The third kappa shape index (κ3) is 9.03. The maximum absolute atomic E-state index is 13.4. The molecular weight excluding hydrogens is 411 g/mol. The minimum absolute atomic E-state index is 0.241. The Morgan fingerprint density at radius 3 is 2.36 bits per heavy atom. The molecule has 2 aromatic carbocycles. The Kier molecular flexibility index (Phi) is 13.8. The van der Waals surface area contributed by atoms with Gasteiger partial charge in [-0.05, 0) is 67.3 Å². The predicted molar refractivity (Wildman–Crippen MR) is 142 cm³/mol. The molecule has 1 N–H and O–H groups in total. The summed E-state index contributed by atoms with van der Waals surface area (Å²) in [5.74, 6) is 1.98. The second kappa shape index (κ2) is 16.1. The van der Waals surface area contributed by atoms with E-state index in [1.54, 1.807) is 19.2 Å². The van der Waals surface area contributed by atoms with E-state index >= 15 is 0 Å². The molecule has 0 amide bonds. The van der Waals surface area contributed by atoms with Crippen LogP contribution in [0.3, 0.4) is 0 Å². The van der Waals surface area contributed by atoms with Gasteiger partial charge >= 0.3 is 0 Å². The van der Waals surface area contributed by atoms with Gasteiger partial charge in [0.2, 0.25) is 0 Å². The molecule has 0 bridgehead atoms. The number of allylic oxidation sites excluding steroid dienone is 1. The lowest BCUT2D eigenvalue weighted by molar-refractivity contribution is 0.411. The molecular formula is C29H43FN2O. The van der Waals surface area contributed by atoms with Crippen LogP contribution in [0.1, 0.15) is 77.8 Å². The summed E-state index contributed by atoms with van der Waals surface area (Å²) in [6.45, 7) is 13.4. The Hall–Kier alpha value is -2.62. The highest BCUT2D eigenvalue weighted by atomic mass is 19.1. The van der Waals surface area contributed by atoms with Gasteiger partial charge in [0.15, 0.2) is 0 Å². The van der Waals surface area contributed by atoms with E-state index in [2.05, 4.69) is 45.2 Å². The van der Waals surface area contributed by atoms with E-state index in [4.69, 9.17) is 9.73 Å². The zero-order valence-electron chi connectivity index (χ0n) is 21.7. The zero-order chi connectivity index (χ0) is 24.6. The number of ether oxygens (including phenoxy) is 1. The van der Waals surface area contributed by atoms with Gasteiger partial charge in [0, 0.05) is 17.7 Å². The van der Waals surface area contributed by atoms with Gasteiger partial charge in [-0.15, -0.1) is 0 Å². The molecule has 1 unspecified atom stereocenters. The van der Waals surface area contributed by atoms with Gasteiger partial charge in [0.1, 0.15) is 17.4 Å². The van der Waals surface area contributed by atoms with Gasteiger partial charge in [0.05, 0.1) is 7.11 Å². The molecule has 2 aromatic rings. The molecule has 0 aliphatic rings. The molecule has 33 heavy (non-hydrogen) atoms. The van der Waals surface area contributed by atoms with E-state index in [1.807, 2.05) is 26.1 Å². The van der Waals surface area contributed by atoms with Crippen LogP contribution >= 0.6 is 0 Å². The van der Waals surface area contributed by atoms with E-state index in [9.17, 15) is 4.39 Å². The summed E-state index contributed by atoms with van der Waals surface area (Å²) in [4.78, 5) is 5.01. The number of halogens is 1. The van der Waals surface area contributed by atoms with Gasteiger partial charge in [-0.1, -0.05) is 72.1 Å². The molecule has 0 radical (unpaired) electrons. The van der Waals surface area contributed by atoms with Crippen molar-refractivity contribution in [3.63, 3.8) is 0 Å². The van der Waals surface area contributed by atoms with Crippen molar-refractivity contribution in [3.8, 4) is 16.9 Å². The minimum Gasteiger partial charge on any atom is -0.496 e. The third-order valence-corrected chi connectivity index (χ3v) is 5.64. The first kappa shape index (κ1) is 28.4. The fourth-order valence-corrected chi connectivity index (χ4v) is 3.56. The first-order valence-corrected chi connectivity index (χ1v) is 12.4. The van der Waals surface area contributed by atoms with E-state index in [-0.39, 0.29) is 5.82 Å². The summed E-state index contributed by atoms with van der Waals surface area (Å²) < 4.78 is 19.1. The Labute approximate surface area is 201 Å². The molecule has 0 heterocycles. The van der Waals surface area contributed by atoms with Gasteiger partial charge in [-0.25, -0.2) is 4.39 Å². The number of aliphatic imine (C=N–C) groups is 1. The van der Waals surface area contributed by atoms with E-state index in [1.165, 1.54) is 31.4 Å². The number of nitrogens with one attached hydrogen (secondary N) is 1. The fourth-order valence-electron chi connectivity index (χ4n) is 3.56. The second-order valence-corrected chi connectivity index (χ2v) is 7.92. The summed E-state index contributed by atoms with van der Waals surface area (Å²) in [5.41, 5.74) is 3.96. The number of methoxy groups -OCH3 is 1. The Balaban J connectivity index is 0.00000265. The average Bonchev–Trinajstić information content (AvgIpc) is 2.85. The average molecular weight is 455 g/mol. The zero-order valence-corrected chi connectivity index (χ0v) is 21.7. The second-order valence-electron chi connectivity index (χ2n) is 7.92. The number of hydrogen-bond donors (Lipinski definition) is 1. The highest BCUT2D eigenvalue weighted by Crippen LogP contribution is 2.30. The Morgan fingerprint density at radius 1 is 1.09 bits per heavy atom. The van der Waals surface area contributed by atoms with E-state index in [0.717, 1.165) is 53.2 Å². The van der Waals surface area contributed by atoms with Gasteiger partial charge in [-0.2, -0.15) is 0 Å². The van der Waals surface area contributed by atoms with Crippen molar-refractivity contribution in [2.24, 2.45) is 10.9 Å². The maximum atomic E-state index is 13.4. The largest absolute Gasteiger partial charge is 0.496 e. The molecule has 0 spiro atoms. The molecule has 3 nitrogen and oxygen atoms in total. The number of benzene rings is 2. The van der Waals surface area contributed by atoms with Crippen LogP contribution in [-0.4, -0.2) is 19.5 Å². The first-order valence-electron chi connectivity index (χ1n) is 12.4. The van der Waals surface area contributed by atoms with Crippen molar-refractivity contribution < 1.29 is 9.13 Å². The van der Waals surface area contributed by atoms with Gasteiger partial charge in [-0.3, -0.25) is 4.99 Å². The third-order valence-electron chi connectivity index (χ3n) is 5.64. The van der Waals surface area contributed by atoms with Crippen molar-refractivity contribution in [2.75, 3.05) is 13.7 Å². The molecule has 0 fully saturated rings. The van der Waals surface area contributed by atoms with Gasteiger partial charge < -0.3 is 10.1 Å². The highest BCUT2D eigenvalue weighted by Gasteiger charge is 2.15. The lowest BCUT2D eigenvalue weighted by Crippen LogP contribution is -2.22. The van der Waals surface area contributed by atoms with Crippen LogP contribution in [-0.2, 0) is 0 Å². The summed E-state index contributed by atoms with van der Waals surface area (Å²) in [7, 11) is 1.68.